The van der Waals surface area contributed by atoms with Crippen LogP contribution in [0.3, 0.4) is 0 Å². The Morgan fingerprint density at radius 3 is 1.08 bits per heavy atom. The highest BCUT2D eigenvalue weighted by molar-refractivity contribution is 8.29. The molecule has 0 radical (unpaired) electrons. The third kappa shape index (κ3) is 9.28. The van der Waals surface area contributed by atoms with Crippen LogP contribution in [0.4, 0.5) is 92.2 Å². The lowest BCUT2D eigenvalue weighted by Gasteiger charge is -2.59. The molecule has 4 aliphatic carbocycles. The van der Waals surface area contributed by atoms with Gasteiger partial charge in [0, 0.05) is 22.7 Å². The number of benzene rings is 3. The maximum Gasteiger partial charge on any atom is 0.470 e. The van der Waals surface area contributed by atoms with Crippen LogP contribution in [0.1, 0.15) is 38.5 Å². The highest BCUT2D eigenvalue weighted by atomic mass is 32.3. The van der Waals surface area contributed by atoms with Crippen LogP contribution < -0.4 is 9.47 Å². The third-order valence-electron chi connectivity index (χ3n) is 15.2. The molecule has 0 spiro atoms. The van der Waals surface area contributed by atoms with Gasteiger partial charge >= 0.3 is 41.2 Å². The van der Waals surface area contributed by atoms with E-state index in [1.807, 2.05) is 12.1 Å². The molecule has 0 amide bonds. The highest BCUT2D eigenvalue weighted by Gasteiger charge is 2.90. The van der Waals surface area contributed by atoms with E-state index >= 15 is 0 Å². The Labute approximate surface area is 435 Å². The Bertz CT molecular complexity index is 2890. The van der Waals surface area contributed by atoms with E-state index in [9.17, 15) is 117 Å². The fourth-order valence-corrected chi connectivity index (χ4v) is 20.0. The Balaban J connectivity index is 0.000000318. The van der Waals surface area contributed by atoms with E-state index in [4.69, 9.17) is 18.9 Å². The summed E-state index contributed by atoms with van der Waals surface area (Å²) in [6.45, 7) is -0.387. The summed E-state index contributed by atoms with van der Waals surface area (Å²) in [5.74, 6) is -4.59. The van der Waals surface area contributed by atoms with E-state index in [0.717, 1.165) is 4.90 Å². The molecule has 2 aliphatic heterocycles. The molecule has 0 aromatic heterocycles. The molecule has 2 heterocycles. The number of sulfone groups is 3. The highest BCUT2D eigenvalue weighted by Crippen LogP contribution is 2.75. The van der Waals surface area contributed by atoms with E-state index in [1.54, 1.807) is 66.7 Å². The predicted octanol–water partition coefficient (Wildman–Crippen LogP) is 12.1. The molecule has 2 saturated heterocycles. The standard InChI is InChI=1S/C40H35F12O4S.C4F9O6S3/c41-37(42,43)35(38(44,45)46)29-22-14-16-33(18-22,31(29)55-35)20-53-25-10-4-6-12-27(25)57(24-8-2-1-3-9-24)28-13-7-5-11-26(28)54-21-34-17-15-23(19-34)30-32(34)56-36(30,39(47,48)49)40(50,51)52;5-2(6,7)20(14,15)1(21(16,17)3(8,9)10)22(18,19)4(11,12)13/h1-13,22-23,29-32H,14-21H2;/q+1;-1. The van der Waals surface area contributed by atoms with Gasteiger partial charge in [-0.15, -0.1) is 0 Å². The molecule has 3 aromatic rings. The second-order valence-corrected chi connectivity index (χ2v) is 27.9. The van der Waals surface area contributed by atoms with Crippen molar-refractivity contribution in [1.29, 1.82) is 0 Å². The molecule has 6 aliphatic rings. The smallest absolute Gasteiger partial charge is 0.470 e. The molecule has 0 N–H and O–H groups in total. The van der Waals surface area contributed by atoms with Crippen molar-refractivity contribution in [3.05, 3.63) is 82.8 Å². The van der Waals surface area contributed by atoms with Crippen LogP contribution in [-0.4, -0.2) is 103 Å². The first-order valence-corrected chi connectivity index (χ1v) is 28.2. The minimum Gasteiger partial charge on any atom is -0.488 e. The zero-order valence-electron chi connectivity index (χ0n) is 38.8. The van der Waals surface area contributed by atoms with E-state index < -0.39 is 143 Å². The van der Waals surface area contributed by atoms with Crippen molar-refractivity contribution in [3.63, 3.8) is 0 Å². The zero-order valence-corrected chi connectivity index (χ0v) is 42.0. The molecular weight excluding hydrogens is 1220 g/mol. The molecule has 8 atom stereocenters. The third-order valence-corrected chi connectivity index (χ3v) is 24.6. The molecule has 35 heteroatoms. The number of hydrogen-bond donors (Lipinski definition) is 0. The van der Waals surface area contributed by atoms with E-state index in [0.29, 0.717) is 34.1 Å². The molecule has 8 unspecified atom stereocenters. The SMILES string of the molecule is FC(F)(F)C1(C(F)(F)F)OC2C1C1CCC2(COc2ccccc2[S+](c2ccccc2)c2ccccc2OCC23CCC(C2)C2C3OC2(C(F)(F)F)C(F)(F)F)C1.O=S(=O)([C-](S(=O)(=O)C(F)(F)F)S(=O)(=O)C(F)(F)F)C(F)(F)F. The Kier molecular flexibility index (Phi) is 14.6. The molecule has 4 saturated carbocycles. The van der Waals surface area contributed by atoms with Crippen LogP contribution in [0.25, 0.3) is 0 Å². The van der Waals surface area contributed by atoms with Crippen LogP contribution in [0.2, 0.25) is 0 Å². The Morgan fingerprint density at radius 2 is 0.772 bits per heavy atom. The molecule has 79 heavy (non-hydrogen) atoms. The monoisotopic (exact) mass is 1250 g/mol. The van der Waals surface area contributed by atoms with Gasteiger partial charge in [0.1, 0.15) is 10.9 Å². The Hall–Kier alpha value is -4.09. The summed E-state index contributed by atoms with van der Waals surface area (Å²) in [4.78, 5) is 1.99. The molecule has 442 valence electrons. The number of halogens is 21. The second-order valence-electron chi connectivity index (χ2n) is 19.5. The maximum atomic E-state index is 14.1. The first kappa shape index (κ1) is 61.0. The molecule has 3 aromatic carbocycles. The van der Waals surface area contributed by atoms with Crippen LogP contribution in [0.5, 0.6) is 11.5 Å². The van der Waals surface area contributed by atoms with Gasteiger partial charge in [0.2, 0.25) is 9.79 Å². The van der Waals surface area contributed by atoms with Crippen molar-refractivity contribution in [3.8, 4) is 11.5 Å². The average Bonchev–Trinajstić information content (AvgIpc) is 4.00. The summed E-state index contributed by atoms with van der Waals surface area (Å²) >= 11 is 0. The first-order chi connectivity index (χ1) is 35.8. The van der Waals surface area contributed by atoms with Gasteiger partial charge in [-0.2, -0.15) is 92.2 Å². The van der Waals surface area contributed by atoms with Crippen molar-refractivity contribution in [2.75, 3.05) is 13.2 Å². The summed E-state index contributed by atoms with van der Waals surface area (Å²) in [6.07, 6.45) is -24.0. The predicted molar refractivity (Wildman–Crippen MR) is 227 cm³/mol. The van der Waals surface area contributed by atoms with Crippen molar-refractivity contribution in [2.24, 2.45) is 34.5 Å². The normalized spacial score (nSPS) is 28.9. The van der Waals surface area contributed by atoms with Crippen LogP contribution in [0, 0.1) is 38.4 Å². The van der Waals surface area contributed by atoms with Crippen molar-refractivity contribution in [2.45, 2.75) is 118 Å². The number of hydrogen-bond acceptors (Lipinski definition) is 10. The van der Waals surface area contributed by atoms with E-state index in [2.05, 4.69) is 0 Å². The van der Waals surface area contributed by atoms with Gasteiger partial charge in [0.15, 0.2) is 45.9 Å². The summed E-state index contributed by atoms with van der Waals surface area (Å²) < 4.78 is 359. The maximum absolute atomic E-state index is 14.1. The summed E-state index contributed by atoms with van der Waals surface area (Å²) in [7, 11) is -25.1. The average molecular weight is 1250 g/mol. The topological polar surface area (TPSA) is 139 Å². The van der Waals surface area contributed by atoms with E-state index in [1.165, 1.54) is 0 Å². The number of ether oxygens (including phenoxy) is 4. The molecule has 6 fully saturated rings. The van der Waals surface area contributed by atoms with Gasteiger partial charge in [-0.1, -0.05) is 42.5 Å². The number of alkyl halides is 21. The van der Waals surface area contributed by atoms with Gasteiger partial charge in [-0.05, 0) is 86.8 Å². The van der Waals surface area contributed by atoms with Gasteiger partial charge in [0.25, 0.3) is 11.2 Å². The summed E-state index contributed by atoms with van der Waals surface area (Å²) in [6, 6.07) is 22.9. The number of para-hydroxylation sites is 2. The van der Waals surface area contributed by atoms with Crippen molar-refractivity contribution < 1.29 is 136 Å². The largest absolute Gasteiger partial charge is 0.488 e. The quantitative estimate of drug-likeness (QED) is 0.0978. The van der Waals surface area contributed by atoms with E-state index in [-0.39, 0.29) is 38.9 Å². The zero-order chi connectivity index (χ0) is 59.2. The summed E-state index contributed by atoms with van der Waals surface area (Å²) in [5.41, 5.74) is -31.8. The fraction of sp³-hybridized carbons (Fsp3) is 0.568. The first-order valence-electron chi connectivity index (χ1n) is 22.5. The second kappa shape index (κ2) is 19.0. The molecular formula is C44H35F21O10S4. The van der Waals surface area contributed by atoms with Crippen molar-refractivity contribution in [1.82, 2.24) is 0 Å². The van der Waals surface area contributed by atoms with Gasteiger partial charge < -0.3 is 18.9 Å². The van der Waals surface area contributed by atoms with Gasteiger partial charge in [-0.25, -0.2) is 0 Å². The van der Waals surface area contributed by atoms with Gasteiger partial charge in [0.05, 0.1) is 29.3 Å². The fourth-order valence-electron chi connectivity index (χ4n) is 12.0. The summed E-state index contributed by atoms with van der Waals surface area (Å²) in [5, 5.41) is 0. The van der Waals surface area contributed by atoms with Crippen LogP contribution in [-0.2, 0) is 49.9 Å². The lowest BCUT2D eigenvalue weighted by atomic mass is 9.64. The number of rotatable bonds is 12. The molecule has 10 nitrogen and oxygen atoms in total. The Morgan fingerprint density at radius 1 is 0.468 bits per heavy atom. The van der Waals surface area contributed by atoms with Crippen LogP contribution >= 0.6 is 0 Å². The molecule has 9 rings (SSSR count). The van der Waals surface area contributed by atoms with Crippen LogP contribution in [0.15, 0.2) is 93.5 Å². The number of fused-ring (bicyclic) bond motifs is 10. The molecule has 4 bridgehead atoms. The minimum atomic E-state index is -8.02. The lowest BCUT2D eigenvalue weighted by molar-refractivity contribution is -0.476. The minimum absolute atomic E-state index is 0.0840. The van der Waals surface area contributed by atoms with Crippen molar-refractivity contribution >= 4 is 40.4 Å². The lowest BCUT2D eigenvalue weighted by Crippen LogP contribution is -2.77. The van der Waals surface area contributed by atoms with Gasteiger partial charge in [-0.3, -0.25) is 25.3 Å².